The summed E-state index contributed by atoms with van der Waals surface area (Å²) in [4.78, 5) is 0. The highest BCUT2D eigenvalue weighted by atomic mass is 28.4. The average Bonchev–Trinajstić information content (AvgIpc) is 2.24. The molecule has 0 aliphatic heterocycles. The van der Waals surface area contributed by atoms with E-state index < -0.39 is 8.56 Å². The number of hydrogen-bond donors (Lipinski definition) is 1. The molecule has 0 rings (SSSR count). The highest BCUT2D eigenvalue weighted by Gasteiger charge is 2.30. The Morgan fingerprint density at radius 2 is 1.60 bits per heavy atom. The fourth-order valence-corrected chi connectivity index (χ4v) is 3.87. The second-order valence-electron chi connectivity index (χ2n) is 4.04. The van der Waals surface area contributed by atoms with Crippen LogP contribution in [0.25, 0.3) is 0 Å². The molecule has 0 aliphatic rings. The quantitative estimate of drug-likeness (QED) is 0.464. The summed E-state index contributed by atoms with van der Waals surface area (Å²) in [5, 5.41) is 3.16. The fourth-order valence-electron chi connectivity index (χ4n) is 1.41. The molecule has 0 aromatic rings. The van der Waals surface area contributed by atoms with E-state index in [9.17, 15) is 0 Å². The molecule has 4 heteroatoms. The first-order valence-corrected chi connectivity index (χ1v) is 8.63. The Labute approximate surface area is 95.8 Å². The summed E-state index contributed by atoms with van der Waals surface area (Å²) in [6.45, 7) is 9.20. The van der Waals surface area contributed by atoms with Crippen molar-refractivity contribution in [2.75, 3.05) is 26.8 Å². The monoisotopic (exact) mass is 233 g/mol. The largest absolute Gasteiger partial charge is 0.394 e. The molecule has 0 unspecified atom stereocenters. The average molecular weight is 233 g/mol. The first-order valence-electron chi connectivity index (χ1n) is 6.11. The first kappa shape index (κ1) is 15.1. The van der Waals surface area contributed by atoms with E-state index in [0.717, 1.165) is 45.1 Å². The van der Waals surface area contributed by atoms with Gasteiger partial charge in [-0.15, -0.1) is 0 Å². The van der Waals surface area contributed by atoms with Crippen LogP contribution in [0.2, 0.25) is 12.6 Å². The summed E-state index contributed by atoms with van der Waals surface area (Å²) >= 11 is 0. The maximum absolute atomic E-state index is 5.92. The molecule has 0 fully saturated rings. The summed E-state index contributed by atoms with van der Waals surface area (Å²) in [5.74, 6) is 0. The van der Waals surface area contributed by atoms with Crippen molar-refractivity contribution >= 4 is 8.56 Å². The molecule has 0 atom stereocenters. The Morgan fingerprint density at radius 3 is 2.00 bits per heavy atom. The lowest BCUT2D eigenvalue weighted by atomic mass is 10.5. The minimum atomic E-state index is -1.87. The molecule has 0 aliphatic carbocycles. The van der Waals surface area contributed by atoms with Gasteiger partial charge in [-0.3, -0.25) is 0 Å². The zero-order valence-electron chi connectivity index (χ0n) is 10.8. The van der Waals surface area contributed by atoms with Crippen LogP contribution in [0.15, 0.2) is 0 Å². The molecule has 0 bridgehead atoms. The van der Waals surface area contributed by atoms with Gasteiger partial charge in [-0.05, 0) is 45.4 Å². The topological polar surface area (TPSA) is 30.5 Å². The minimum Gasteiger partial charge on any atom is -0.394 e. The van der Waals surface area contributed by atoms with Crippen molar-refractivity contribution in [1.29, 1.82) is 0 Å². The van der Waals surface area contributed by atoms with Gasteiger partial charge in [0.05, 0.1) is 0 Å². The predicted octanol–water partition coefficient (Wildman–Crippen LogP) is 2.52. The predicted molar refractivity (Wildman–Crippen MR) is 67.5 cm³/mol. The molecule has 0 heterocycles. The summed E-state index contributed by atoms with van der Waals surface area (Å²) in [6.07, 6.45) is 3.29. The fraction of sp³-hybridized carbons (Fsp3) is 1.00. The summed E-state index contributed by atoms with van der Waals surface area (Å²) < 4.78 is 11.8. The first-order chi connectivity index (χ1) is 7.18. The Balaban J connectivity index is 3.89. The highest BCUT2D eigenvalue weighted by molar-refractivity contribution is 6.66. The lowest BCUT2D eigenvalue weighted by molar-refractivity contribution is 0.172. The number of nitrogens with one attached hydrogen (secondary N) is 1. The molecule has 1 N–H and O–H groups in total. The zero-order chi connectivity index (χ0) is 11.6. The second-order valence-corrected chi connectivity index (χ2v) is 7.38. The van der Waals surface area contributed by atoms with Gasteiger partial charge in [0.25, 0.3) is 0 Å². The third-order valence-corrected chi connectivity index (χ3v) is 5.17. The van der Waals surface area contributed by atoms with Crippen molar-refractivity contribution in [3.63, 3.8) is 0 Å². The van der Waals surface area contributed by atoms with Crippen LogP contribution < -0.4 is 5.32 Å². The van der Waals surface area contributed by atoms with Gasteiger partial charge in [0.15, 0.2) is 0 Å². The molecule has 92 valence electrons. The van der Waals surface area contributed by atoms with Crippen LogP contribution in [0.5, 0.6) is 0 Å². The van der Waals surface area contributed by atoms with Crippen molar-refractivity contribution in [3.05, 3.63) is 0 Å². The van der Waals surface area contributed by atoms with Crippen LogP contribution >= 0.6 is 0 Å². The summed E-state index contributed by atoms with van der Waals surface area (Å²) in [5.41, 5.74) is 0. The zero-order valence-corrected chi connectivity index (χ0v) is 11.8. The van der Waals surface area contributed by atoms with E-state index in [0.29, 0.717) is 0 Å². The van der Waals surface area contributed by atoms with Crippen molar-refractivity contribution in [2.45, 2.75) is 45.7 Å². The Kier molecular flexibility index (Phi) is 9.39. The van der Waals surface area contributed by atoms with Crippen LogP contribution in [0, 0.1) is 0 Å². The highest BCUT2D eigenvalue weighted by Crippen LogP contribution is 2.16. The van der Waals surface area contributed by atoms with E-state index >= 15 is 0 Å². The van der Waals surface area contributed by atoms with Crippen LogP contribution in [-0.2, 0) is 8.85 Å². The van der Waals surface area contributed by atoms with E-state index in [-0.39, 0.29) is 0 Å². The van der Waals surface area contributed by atoms with Crippen LogP contribution in [0.4, 0.5) is 0 Å². The molecule has 0 spiro atoms. The van der Waals surface area contributed by atoms with Gasteiger partial charge in [-0.25, -0.2) is 0 Å². The van der Waals surface area contributed by atoms with Crippen molar-refractivity contribution < 1.29 is 8.85 Å². The standard InChI is InChI=1S/C11H27NO2Si/c1-5-9-13-15(4,14-10-6-2)11-7-8-12-3/h12H,5-11H2,1-4H3. The molecule has 0 aromatic carbocycles. The number of rotatable bonds is 10. The SMILES string of the molecule is CCCO[Si](C)(CCCNC)OCCC. The van der Waals surface area contributed by atoms with E-state index in [1.165, 1.54) is 0 Å². The minimum absolute atomic E-state index is 0.839. The number of hydrogen-bond acceptors (Lipinski definition) is 3. The van der Waals surface area contributed by atoms with E-state index in [1.54, 1.807) is 0 Å². The van der Waals surface area contributed by atoms with Gasteiger partial charge in [-0.2, -0.15) is 0 Å². The van der Waals surface area contributed by atoms with Gasteiger partial charge in [-0.1, -0.05) is 13.8 Å². The third-order valence-electron chi connectivity index (χ3n) is 2.28. The van der Waals surface area contributed by atoms with Crippen molar-refractivity contribution in [3.8, 4) is 0 Å². The lowest BCUT2D eigenvalue weighted by Crippen LogP contribution is -2.39. The molecule has 3 nitrogen and oxygen atoms in total. The third kappa shape index (κ3) is 7.96. The molecule has 0 aromatic heterocycles. The van der Waals surface area contributed by atoms with Gasteiger partial charge in [0, 0.05) is 13.2 Å². The van der Waals surface area contributed by atoms with Gasteiger partial charge in [0.2, 0.25) is 0 Å². The van der Waals surface area contributed by atoms with Crippen LogP contribution in [-0.4, -0.2) is 35.4 Å². The van der Waals surface area contributed by atoms with E-state index in [4.69, 9.17) is 8.85 Å². The maximum Gasteiger partial charge on any atom is 0.334 e. The van der Waals surface area contributed by atoms with Crippen molar-refractivity contribution in [2.24, 2.45) is 0 Å². The van der Waals surface area contributed by atoms with E-state index in [2.05, 4.69) is 25.7 Å². The van der Waals surface area contributed by atoms with Crippen molar-refractivity contribution in [1.82, 2.24) is 5.32 Å². The molecule has 0 amide bonds. The van der Waals surface area contributed by atoms with E-state index in [1.807, 2.05) is 7.05 Å². The Morgan fingerprint density at radius 1 is 1.07 bits per heavy atom. The molecular weight excluding hydrogens is 206 g/mol. The second kappa shape index (κ2) is 9.33. The molecular formula is C11H27NO2Si. The smallest absolute Gasteiger partial charge is 0.334 e. The maximum atomic E-state index is 5.92. The van der Waals surface area contributed by atoms with Gasteiger partial charge >= 0.3 is 8.56 Å². The lowest BCUT2D eigenvalue weighted by Gasteiger charge is -2.26. The summed E-state index contributed by atoms with van der Waals surface area (Å²) in [6, 6.07) is 1.09. The Hall–Kier alpha value is 0.0969. The van der Waals surface area contributed by atoms with Gasteiger partial charge < -0.3 is 14.2 Å². The Bertz CT molecular complexity index is 137. The molecule has 15 heavy (non-hydrogen) atoms. The van der Waals surface area contributed by atoms with Crippen LogP contribution in [0.3, 0.4) is 0 Å². The summed E-state index contributed by atoms with van der Waals surface area (Å²) in [7, 11) is 0.116. The molecule has 0 saturated carbocycles. The van der Waals surface area contributed by atoms with Gasteiger partial charge in [0.1, 0.15) is 0 Å². The normalized spacial score (nSPS) is 12.0. The molecule has 0 saturated heterocycles. The van der Waals surface area contributed by atoms with Crippen LogP contribution in [0.1, 0.15) is 33.1 Å². The molecule has 0 radical (unpaired) electrons.